The smallest absolute Gasteiger partial charge is 0.0207 e. The lowest BCUT2D eigenvalue weighted by Gasteiger charge is -2.12. The van der Waals surface area contributed by atoms with Crippen LogP contribution in [0, 0.1) is 16.7 Å². The van der Waals surface area contributed by atoms with E-state index < -0.39 is 0 Å². The highest BCUT2D eigenvalue weighted by Gasteiger charge is 2.80. The minimum atomic E-state index is 0.833. The summed E-state index contributed by atoms with van der Waals surface area (Å²) in [5.74, 6) is 1.02. The molecule has 2 saturated carbocycles. The van der Waals surface area contributed by atoms with E-state index in [-0.39, 0.29) is 0 Å². The first-order chi connectivity index (χ1) is 5.15. The Morgan fingerprint density at radius 1 is 1.36 bits per heavy atom. The van der Waals surface area contributed by atoms with Crippen LogP contribution in [0.2, 0.25) is 0 Å². The molecular formula is C11H20. The molecule has 0 aromatic heterocycles. The highest BCUT2D eigenvalue weighted by molar-refractivity contribution is 5.29. The molecule has 2 aliphatic rings. The summed E-state index contributed by atoms with van der Waals surface area (Å²) in [7, 11) is 0. The Morgan fingerprint density at radius 2 is 1.91 bits per heavy atom. The zero-order chi connectivity index (χ0) is 8.11. The minimum Gasteiger partial charge on any atom is -0.0654 e. The van der Waals surface area contributed by atoms with Crippen molar-refractivity contribution < 1.29 is 0 Å². The molecule has 2 fully saturated rings. The summed E-state index contributed by atoms with van der Waals surface area (Å²) in [6, 6.07) is 0. The highest BCUT2D eigenvalue weighted by atomic mass is 14.8. The minimum absolute atomic E-state index is 0.833. The van der Waals surface area contributed by atoms with Crippen LogP contribution >= 0.6 is 0 Å². The van der Waals surface area contributed by atoms with Gasteiger partial charge in [-0.15, -0.1) is 0 Å². The third-order valence-corrected chi connectivity index (χ3v) is 4.30. The first-order valence-electron chi connectivity index (χ1n) is 5.15. The van der Waals surface area contributed by atoms with Gasteiger partial charge in [0.2, 0.25) is 0 Å². The standard InChI is InChI=1S/C11H20/c1-4-5-6-9(2)11-7-10(11,3)8-11/h9H,4-8H2,1-3H3. The van der Waals surface area contributed by atoms with Crippen molar-refractivity contribution in [1.29, 1.82) is 0 Å². The fourth-order valence-electron chi connectivity index (χ4n) is 2.98. The third kappa shape index (κ3) is 0.878. The summed E-state index contributed by atoms with van der Waals surface area (Å²) >= 11 is 0. The molecule has 0 nitrogen and oxygen atoms in total. The van der Waals surface area contributed by atoms with E-state index in [2.05, 4.69) is 20.8 Å². The van der Waals surface area contributed by atoms with Crippen LogP contribution in [0.4, 0.5) is 0 Å². The quantitative estimate of drug-likeness (QED) is 0.577. The fraction of sp³-hybridized carbons (Fsp3) is 1.00. The van der Waals surface area contributed by atoms with E-state index in [1.807, 2.05) is 0 Å². The van der Waals surface area contributed by atoms with E-state index in [1.54, 1.807) is 12.8 Å². The summed E-state index contributed by atoms with van der Waals surface area (Å²) in [4.78, 5) is 0. The Balaban J connectivity index is 1.79. The monoisotopic (exact) mass is 152 g/mol. The second kappa shape index (κ2) is 2.02. The summed E-state index contributed by atoms with van der Waals surface area (Å²) in [6.07, 6.45) is 7.39. The molecule has 0 amide bonds. The summed E-state index contributed by atoms with van der Waals surface area (Å²) in [5, 5.41) is 0. The molecular weight excluding hydrogens is 132 g/mol. The molecule has 1 atom stereocenters. The molecule has 0 aromatic rings. The molecule has 2 rings (SSSR count). The number of rotatable bonds is 4. The Kier molecular flexibility index (Phi) is 1.41. The van der Waals surface area contributed by atoms with Crippen molar-refractivity contribution in [2.24, 2.45) is 16.7 Å². The van der Waals surface area contributed by atoms with Gasteiger partial charge in [-0.25, -0.2) is 0 Å². The SMILES string of the molecule is CCCCC(C)C12CC1(C)C2. The van der Waals surface area contributed by atoms with Crippen LogP contribution in [-0.4, -0.2) is 0 Å². The molecule has 0 aromatic carbocycles. The maximum atomic E-state index is 2.47. The van der Waals surface area contributed by atoms with Gasteiger partial charge < -0.3 is 0 Å². The lowest BCUT2D eigenvalue weighted by atomic mass is 9.93. The van der Waals surface area contributed by atoms with Crippen molar-refractivity contribution >= 4 is 0 Å². The Morgan fingerprint density at radius 3 is 2.27 bits per heavy atom. The Hall–Kier alpha value is 0. The van der Waals surface area contributed by atoms with Crippen molar-refractivity contribution in [3.63, 3.8) is 0 Å². The van der Waals surface area contributed by atoms with Crippen molar-refractivity contribution in [2.75, 3.05) is 0 Å². The number of unbranched alkanes of at least 4 members (excludes halogenated alkanes) is 1. The van der Waals surface area contributed by atoms with Crippen LogP contribution in [0.3, 0.4) is 0 Å². The van der Waals surface area contributed by atoms with Crippen LogP contribution in [0.5, 0.6) is 0 Å². The van der Waals surface area contributed by atoms with Crippen molar-refractivity contribution in [1.82, 2.24) is 0 Å². The molecule has 0 aliphatic heterocycles. The van der Waals surface area contributed by atoms with Gasteiger partial charge in [0.25, 0.3) is 0 Å². The zero-order valence-corrected chi connectivity index (χ0v) is 8.11. The molecule has 0 spiro atoms. The van der Waals surface area contributed by atoms with Gasteiger partial charge in [-0.05, 0) is 29.6 Å². The van der Waals surface area contributed by atoms with Gasteiger partial charge in [0.1, 0.15) is 0 Å². The van der Waals surface area contributed by atoms with Crippen LogP contribution in [0.15, 0.2) is 0 Å². The van der Waals surface area contributed by atoms with E-state index in [1.165, 1.54) is 19.3 Å². The van der Waals surface area contributed by atoms with Crippen molar-refractivity contribution in [3.05, 3.63) is 0 Å². The van der Waals surface area contributed by atoms with Crippen LogP contribution < -0.4 is 0 Å². The maximum Gasteiger partial charge on any atom is -0.0207 e. The van der Waals surface area contributed by atoms with Crippen LogP contribution in [-0.2, 0) is 0 Å². The van der Waals surface area contributed by atoms with Crippen LogP contribution in [0.1, 0.15) is 52.9 Å². The molecule has 1 unspecified atom stereocenters. The van der Waals surface area contributed by atoms with Gasteiger partial charge in [-0.1, -0.05) is 40.0 Å². The fourth-order valence-corrected chi connectivity index (χ4v) is 2.98. The number of hydrogen-bond donors (Lipinski definition) is 0. The number of hydrogen-bond acceptors (Lipinski definition) is 0. The summed E-state index contributed by atoms with van der Waals surface area (Å²) in [5.41, 5.74) is 1.70. The molecule has 64 valence electrons. The normalized spacial score (nSPS) is 48.3. The van der Waals surface area contributed by atoms with Crippen molar-refractivity contribution in [2.45, 2.75) is 52.9 Å². The average Bonchev–Trinajstić information content (AvgIpc) is 2.68. The molecule has 0 heteroatoms. The van der Waals surface area contributed by atoms with Gasteiger partial charge >= 0.3 is 0 Å². The average molecular weight is 152 g/mol. The van der Waals surface area contributed by atoms with Crippen LogP contribution in [0.25, 0.3) is 0 Å². The summed E-state index contributed by atoms with van der Waals surface area (Å²) < 4.78 is 0. The second-order valence-corrected chi connectivity index (χ2v) is 5.11. The largest absolute Gasteiger partial charge is 0.0654 e. The third-order valence-electron chi connectivity index (χ3n) is 4.30. The van der Waals surface area contributed by atoms with Crippen molar-refractivity contribution in [3.8, 4) is 0 Å². The first-order valence-corrected chi connectivity index (χ1v) is 5.15. The Labute approximate surface area is 70.4 Å². The lowest BCUT2D eigenvalue weighted by Crippen LogP contribution is -2.02. The highest BCUT2D eigenvalue weighted by Crippen LogP contribution is 2.89. The van der Waals surface area contributed by atoms with Gasteiger partial charge in [0.05, 0.1) is 0 Å². The van der Waals surface area contributed by atoms with Gasteiger partial charge in [-0.3, -0.25) is 0 Å². The van der Waals surface area contributed by atoms with E-state index in [0.717, 1.165) is 16.7 Å². The van der Waals surface area contributed by atoms with E-state index in [0.29, 0.717) is 0 Å². The van der Waals surface area contributed by atoms with Gasteiger partial charge in [-0.2, -0.15) is 0 Å². The number of fused-ring (bicyclic) bond motifs is 1. The predicted molar refractivity (Wildman–Crippen MR) is 48.5 cm³/mol. The molecule has 2 aliphatic carbocycles. The van der Waals surface area contributed by atoms with Gasteiger partial charge in [0.15, 0.2) is 0 Å². The molecule has 0 bridgehead atoms. The second-order valence-electron chi connectivity index (χ2n) is 5.11. The van der Waals surface area contributed by atoms with Gasteiger partial charge in [0, 0.05) is 0 Å². The summed E-state index contributed by atoms with van der Waals surface area (Å²) in [6.45, 7) is 7.23. The molecule has 0 radical (unpaired) electrons. The molecule has 11 heavy (non-hydrogen) atoms. The van der Waals surface area contributed by atoms with E-state index in [4.69, 9.17) is 0 Å². The maximum absolute atomic E-state index is 2.47. The molecule has 0 N–H and O–H groups in total. The van der Waals surface area contributed by atoms with E-state index >= 15 is 0 Å². The zero-order valence-electron chi connectivity index (χ0n) is 8.11. The topological polar surface area (TPSA) is 0 Å². The Bertz CT molecular complexity index is 163. The van der Waals surface area contributed by atoms with E-state index in [9.17, 15) is 0 Å². The lowest BCUT2D eigenvalue weighted by molar-refractivity contribution is 0.379. The molecule has 0 heterocycles. The first kappa shape index (κ1) is 7.64. The predicted octanol–water partition coefficient (Wildman–Crippen LogP) is 3.61. The molecule has 0 saturated heterocycles.